The van der Waals surface area contributed by atoms with Crippen LogP contribution in [0.4, 0.5) is 0 Å². The average molecular weight is 318 g/mol. The molecule has 1 fully saturated rings. The summed E-state index contributed by atoms with van der Waals surface area (Å²) in [6.07, 6.45) is 2.63. The van der Waals surface area contributed by atoms with Gasteiger partial charge in [-0.05, 0) is 43.3 Å². The number of benzene rings is 1. The molecule has 2 rings (SSSR count). The molecule has 23 heavy (non-hydrogen) atoms. The zero-order valence-electron chi connectivity index (χ0n) is 14.7. The van der Waals surface area contributed by atoms with E-state index in [4.69, 9.17) is 4.74 Å². The van der Waals surface area contributed by atoms with Crippen LogP contribution in [-0.2, 0) is 16.0 Å². The molecule has 1 heterocycles. The Hall–Kier alpha value is -1.39. The minimum Gasteiger partial charge on any atom is -0.384 e. The Morgan fingerprint density at radius 1 is 1.26 bits per heavy atom. The maximum atomic E-state index is 12.8. The molecule has 4 nitrogen and oxygen atoms in total. The fourth-order valence-corrected chi connectivity index (χ4v) is 3.34. The second-order valence-corrected chi connectivity index (χ2v) is 7.47. The molecule has 0 radical (unpaired) electrons. The van der Waals surface area contributed by atoms with E-state index in [1.54, 1.807) is 7.11 Å². The van der Waals surface area contributed by atoms with Crippen molar-refractivity contribution in [2.24, 2.45) is 10.8 Å². The van der Waals surface area contributed by atoms with Crippen LogP contribution in [0.25, 0.3) is 0 Å². The first kappa shape index (κ1) is 18.0. The molecule has 1 aromatic rings. The van der Waals surface area contributed by atoms with Crippen molar-refractivity contribution in [3.8, 4) is 0 Å². The number of piperidine rings is 1. The zero-order valence-corrected chi connectivity index (χ0v) is 14.7. The van der Waals surface area contributed by atoms with Crippen LogP contribution in [0.15, 0.2) is 30.3 Å². The third-order valence-corrected chi connectivity index (χ3v) is 4.72. The van der Waals surface area contributed by atoms with Crippen LogP contribution in [0.5, 0.6) is 0 Å². The monoisotopic (exact) mass is 318 g/mol. The minimum atomic E-state index is -0.372. The molecule has 0 unspecified atom stereocenters. The van der Waals surface area contributed by atoms with E-state index in [9.17, 15) is 4.79 Å². The number of rotatable bonds is 7. The van der Waals surface area contributed by atoms with Crippen molar-refractivity contribution in [1.82, 2.24) is 10.6 Å². The van der Waals surface area contributed by atoms with E-state index in [-0.39, 0.29) is 16.7 Å². The van der Waals surface area contributed by atoms with Crippen LogP contribution in [-0.4, -0.2) is 39.3 Å². The summed E-state index contributed by atoms with van der Waals surface area (Å²) in [5.41, 5.74) is 0.960. The molecule has 0 saturated carbocycles. The molecule has 1 aliphatic rings. The maximum Gasteiger partial charge on any atom is 0.228 e. The lowest BCUT2D eigenvalue weighted by atomic mass is 9.78. The molecule has 2 N–H and O–H groups in total. The van der Waals surface area contributed by atoms with Crippen molar-refractivity contribution >= 4 is 5.91 Å². The van der Waals surface area contributed by atoms with E-state index >= 15 is 0 Å². The van der Waals surface area contributed by atoms with Crippen molar-refractivity contribution in [2.75, 3.05) is 33.4 Å². The summed E-state index contributed by atoms with van der Waals surface area (Å²) in [7, 11) is 1.68. The van der Waals surface area contributed by atoms with Gasteiger partial charge < -0.3 is 15.4 Å². The molecule has 128 valence electrons. The molecule has 0 atom stereocenters. The molecule has 4 heteroatoms. The lowest BCUT2D eigenvalue weighted by molar-refractivity contribution is -0.136. The van der Waals surface area contributed by atoms with Gasteiger partial charge in [0, 0.05) is 13.7 Å². The van der Waals surface area contributed by atoms with Gasteiger partial charge in [-0.25, -0.2) is 0 Å². The molecule has 1 saturated heterocycles. The molecule has 1 aromatic carbocycles. The van der Waals surface area contributed by atoms with Crippen LogP contribution in [0.2, 0.25) is 0 Å². The molecular formula is C19H30N2O2. The number of ether oxygens (including phenoxy) is 1. The van der Waals surface area contributed by atoms with Crippen LogP contribution in [0.1, 0.15) is 32.3 Å². The van der Waals surface area contributed by atoms with E-state index in [0.29, 0.717) is 13.2 Å². The maximum absolute atomic E-state index is 12.8. The van der Waals surface area contributed by atoms with E-state index < -0.39 is 0 Å². The number of hydrogen-bond donors (Lipinski definition) is 2. The van der Waals surface area contributed by atoms with Crippen molar-refractivity contribution in [3.05, 3.63) is 35.9 Å². The van der Waals surface area contributed by atoms with Gasteiger partial charge >= 0.3 is 0 Å². The highest BCUT2D eigenvalue weighted by molar-refractivity contribution is 5.83. The van der Waals surface area contributed by atoms with Gasteiger partial charge in [0.15, 0.2) is 0 Å². The summed E-state index contributed by atoms with van der Waals surface area (Å²) < 4.78 is 5.34. The van der Waals surface area contributed by atoms with Crippen LogP contribution < -0.4 is 10.6 Å². The normalized spacial score (nSPS) is 17.7. The number of nitrogens with one attached hydrogen (secondary N) is 2. The van der Waals surface area contributed by atoms with Crippen molar-refractivity contribution in [1.29, 1.82) is 0 Å². The number of carbonyl (C=O) groups is 1. The predicted molar refractivity (Wildman–Crippen MR) is 93.3 cm³/mol. The second kappa shape index (κ2) is 7.93. The SMILES string of the molecule is COCC1(C(=O)NCC(C)(C)Cc2ccccc2)CCNCC1. The summed E-state index contributed by atoms with van der Waals surface area (Å²) in [5, 5.41) is 6.51. The fourth-order valence-electron chi connectivity index (χ4n) is 3.34. The first-order valence-electron chi connectivity index (χ1n) is 8.49. The quantitative estimate of drug-likeness (QED) is 0.811. The lowest BCUT2D eigenvalue weighted by Crippen LogP contribution is -2.51. The van der Waals surface area contributed by atoms with Gasteiger partial charge in [-0.2, -0.15) is 0 Å². The highest BCUT2D eigenvalue weighted by Crippen LogP contribution is 2.30. The number of methoxy groups -OCH3 is 1. The Kier molecular flexibility index (Phi) is 6.19. The highest BCUT2D eigenvalue weighted by Gasteiger charge is 2.40. The van der Waals surface area contributed by atoms with Gasteiger partial charge in [-0.15, -0.1) is 0 Å². The third-order valence-electron chi connectivity index (χ3n) is 4.72. The largest absolute Gasteiger partial charge is 0.384 e. The first-order valence-corrected chi connectivity index (χ1v) is 8.49. The Bertz CT molecular complexity index is 488. The third kappa shape index (κ3) is 5.05. The summed E-state index contributed by atoms with van der Waals surface area (Å²) in [4.78, 5) is 12.8. The van der Waals surface area contributed by atoms with E-state index in [2.05, 4.69) is 48.7 Å². The molecule has 1 aliphatic heterocycles. The van der Waals surface area contributed by atoms with Gasteiger partial charge in [0.25, 0.3) is 0 Å². The van der Waals surface area contributed by atoms with E-state index in [0.717, 1.165) is 32.4 Å². The summed E-state index contributed by atoms with van der Waals surface area (Å²) in [5.74, 6) is 0.141. The smallest absolute Gasteiger partial charge is 0.228 e. The van der Waals surface area contributed by atoms with Crippen LogP contribution in [0, 0.1) is 10.8 Å². The first-order chi connectivity index (χ1) is 11.0. The van der Waals surface area contributed by atoms with Crippen LogP contribution in [0.3, 0.4) is 0 Å². The molecule has 0 spiro atoms. The number of amides is 1. The van der Waals surface area contributed by atoms with Crippen molar-refractivity contribution < 1.29 is 9.53 Å². The minimum absolute atomic E-state index is 0.0260. The zero-order chi connectivity index (χ0) is 16.8. The highest BCUT2D eigenvalue weighted by atomic mass is 16.5. The molecule has 0 aromatic heterocycles. The molecular weight excluding hydrogens is 288 g/mol. The lowest BCUT2D eigenvalue weighted by Gasteiger charge is -2.36. The Morgan fingerprint density at radius 2 is 1.91 bits per heavy atom. The second-order valence-electron chi connectivity index (χ2n) is 7.47. The summed E-state index contributed by atoms with van der Waals surface area (Å²) in [6.45, 7) is 7.34. The van der Waals surface area contributed by atoms with Crippen molar-refractivity contribution in [3.63, 3.8) is 0 Å². The molecule has 1 amide bonds. The topological polar surface area (TPSA) is 50.4 Å². The summed E-state index contributed by atoms with van der Waals surface area (Å²) in [6, 6.07) is 10.4. The van der Waals surface area contributed by atoms with Gasteiger partial charge in [0.1, 0.15) is 0 Å². The van der Waals surface area contributed by atoms with Gasteiger partial charge in [-0.3, -0.25) is 4.79 Å². The predicted octanol–water partition coefficient (Wildman–Crippen LogP) is 2.39. The average Bonchev–Trinajstić information content (AvgIpc) is 2.54. The molecule has 0 aliphatic carbocycles. The molecule has 0 bridgehead atoms. The Labute approximate surface area is 140 Å². The number of hydrogen-bond acceptors (Lipinski definition) is 3. The summed E-state index contributed by atoms with van der Waals surface area (Å²) >= 11 is 0. The van der Waals surface area contributed by atoms with Crippen LogP contribution >= 0.6 is 0 Å². The Balaban J connectivity index is 1.93. The fraction of sp³-hybridized carbons (Fsp3) is 0.632. The van der Waals surface area contributed by atoms with E-state index in [1.165, 1.54) is 5.56 Å². The Morgan fingerprint density at radius 3 is 2.52 bits per heavy atom. The van der Waals surface area contributed by atoms with E-state index in [1.807, 2.05) is 6.07 Å². The standard InChI is InChI=1S/C19H30N2O2/c1-18(2,13-16-7-5-4-6-8-16)14-21-17(22)19(15-23-3)9-11-20-12-10-19/h4-8,20H,9-15H2,1-3H3,(H,21,22). The number of carbonyl (C=O) groups excluding carboxylic acids is 1. The van der Waals surface area contributed by atoms with Gasteiger partial charge in [0.05, 0.1) is 12.0 Å². The van der Waals surface area contributed by atoms with Gasteiger partial charge in [-0.1, -0.05) is 44.2 Å². The van der Waals surface area contributed by atoms with Gasteiger partial charge in [0.2, 0.25) is 5.91 Å². The van der Waals surface area contributed by atoms with Crippen molar-refractivity contribution in [2.45, 2.75) is 33.1 Å².